The normalized spacial score (nSPS) is 10.9. The Morgan fingerprint density at radius 3 is 2.23 bits per heavy atom. The maximum absolute atomic E-state index is 13.6. The third kappa shape index (κ3) is 5.23. The average Bonchev–Trinajstić information content (AvgIpc) is 2.88. The smallest absolute Gasteiger partial charge is 0.257 e. The number of aryl methyl sites for hydroxylation is 2. The van der Waals surface area contributed by atoms with Gasteiger partial charge < -0.3 is 10.8 Å². The lowest BCUT2D eigenvalue weighted by Gasteiger charge is -2.15. The number of nitrogens with one attached hydrogen (secondary N) is 1. The molecule has 0 aliphatic rings. The Balaban J connectivity index is 1.65. The number of hydrogen-bond donors (Lipinski definition) is 3. The molecule has 0 atom stereocenters. The van der Waals surface area contributed by atoms with Crippen LogP contribution in [0.4, 0.5) is 0 Å². The second-order valence-corrected chi connectivity index (χ2v) is 8.64. The number of nitrogen functional groups attached to an aromatic ring is 1. The second kappa shape index (κ2) is 10.5. The van der Waals surface area contributed by atoms with Crippen molar-refractivity contribution in [1.29, 1.82) is 5.41 Å². The lowest BCUT2D eigenvalue weighted by molar-refractivity contribution is 0.282. The molecule has 0 saturated heterocycles. The Hall–Kier alpha value is -4.03. The highest BCUT2D eigenvalue weighted by Gasteiger charge is 2.15. The Morgan fingerprint density at radius 2 is 1.60 bits per heavy atom. The van der Waals surface area contributed by atoms with Gasteiger partial charge in [-0.15, -0.1) is 0 Å². The summed E-state index contributed by atoms with van der Waals surface area (Å²) >= 11 is 0. The monoisotopic (exact) mass is 466 g/mol. The summed E-state index contributed by atoms with van der Waals surface area (Å²) in [5, 5.41) is 17.1. The molecule has 0 saturated carbocycles. The lowest BCUT2D eigenvalue weighted by Crippen LogP contribution is -2.29. The zero-order valence-corrected chi connectivity index (χ0v) is 20.1. The van der Waals surface area contributed by atoms with Crippen molar-refractivity contribution in [3.8, 4) is 11.1 Å². The van der Waals surface area contributed by atoms with Crippen molar-refractivity contribution < 1.29 is 5.11 Å². The van der Waals surface area contributed by atoms with Gasteiger partial charge in [0.15, 0.2) is 0 Å². The molecule has 0 aliphatic carbocycles. The third-order valence-electron chi connectivity index (χ3n) is 6.28. The number of aliphatic hydroxyl groups is 1. The molecular formula is C29H30N4O2. The van der Waals surface area contributed by atoms with E-state index in [1.54, 1.807) is 4.57 Å². The van der Waals surface area contributed by atoms with Gasteiger partial charge in [-0.05, 0) is 41.2 Å². The van der Waals surface area contributed by atoms with Crippen molar-refractivity contribution in [1.82, 2.24) is 9.55 Å². The fourth-order valence-electron chi connectivity index (χ4n) is 4.32. The van der Waals surface area contributed by atoms with Crippen LogP contribution in [0.3, 0.4) is 0 Å². The SMILES string of the molecule is CCc1nc(C)n(Cc2ccc(-c3ccccc3C(=N)N)cc2)c(=O)c1Cc1ccc(CO)cc1. The van der Waals surface area contributed by atoms with Gasteiger partial charge in [0.25, 0.3) is 5.56 Å². The van der Waals surface area contributed by atoms with Crippen molar-refractivity contribution in [3.63, 3.8) is 0 Å². The van der Waals surface area contributed by atoms with Crippen LogP contribution in [0.2, 0.25) is 0 Å². The molecule has 4 rings (SSSR count). The van der Waals surface area contributed by atoms with E-state index in [2.05, 4.69) is 0 Å². The van der Waals surface area contributed by atoms with Gasteiger partial charge in [0.1, 0.15) is 11.7 Å². The minimum atomic E-state index is -0.0217. The molecule has 6 heteroatoms. The van der Waals surface area contributed by atoms with Gasteiger partial charge in [-0.1, -0.05) is 79.7 Å². The van der Waals surface area contributed by atoms with E-state index < -0.39 is 0 Å². The zero-order chi connectivity index (χ0) is 24.9. The van der Waals surface area contributed by atoms with Gasteiger partial charge in [0, 0.05) is 17.5 Å². The van der Waals surface area contributed by atoms with Crippen LogP contribution in [0.5, 0.6) is 0 Å². The largest absolute Gasteiger partial charge is 0.392 e. The first-order valence-corrected chi connectivity index (χ1v) is 11.7. The van der Waals surface area contributed by atoms with Crippen molar-refractivity contribution in [2.24, 2.45) is 5.73 Å². The van der Waals surface area contributed by atoms with E-state index in [4.69, 9.17) is 16.1 Å². The first-order valence-electron chi connectivity index (χ1n) is 11.7. The maximum atomic E-state index is 13.6. The van der Waals surface area contributed by atoms with Crippen LogP contribution in [-0.4, -0.2) is 20.5 Å². The number of amidine groups is 1. The van der Waals surface area contributed by atoms with Crippen LogP contribution in [0.1, 0.15) is 46.3 Å². The van der Waals surface area contributed by atoms with Crippen molar-refractivity contribution in [2.45, 2.75) is 39.8 Å². The number of aromatic nitrogens is 2. The van der Waals surface area contributed by atoms with Gasteiger partial charge >= 0.3 is 0 Å². The molecule has 0 unspecified atom stereocenters. The van der Waals surface area contributed by atoms with Gasteiger partial charge in [-0.3, -0.25) is 14.8 Å². The van der Waals surface area contributed by atoms with Crippen LogP contribution in [0.15, 0.2) is 77.6 Å². The van der Waals surface area contributed by atoms with Crippen molar-refractivity contribution >= 4 is 5.84 Å². The summed E-state index contributed by atoms with van der Waals surface area (Å²) in [5.41, 5.74) is 12.7. The molecule has 178 valence electrons. The fraction of sp³-hybridized carbons (Fsp3) is 0.207. The number of nitrogens with zero attached hydrogens (tertiary/aromatic N) is 2. The van der Waals surface area contributed by atoms with E-state index in [1.165, 1.54) is 0 Å². The van der Waals surface area contributed by atoms with Gasteiger partial charge in [0.05, 0.1) is 18.8 Å². The molecule has 0 fully saturated rings. The minimum Gasteiger partial charge on any atom is -0.392 e. The van der Waals surface area contributed by atoms with E-state index in [0.29, 0.717) is 36.3 Å². The van der Waals surface area contributed by atoms with Crippen LogP contribution < -0.4 is 11.3 Å². The highest BCUT2D eigenvalue weighted by molar-refractivity contribution is 6.01. The van der Waals surface area contributed by atoms with Crippen molar-refractivity contribution in [2.75, 3.05) is 0 Å². The van der Waals surface area contributed by atoms with Gasteiger partial charge in [-0.25, -0.2) is 4.98 Å². The first kappa shape index (κ1) is 24.1. The molecular weight excluding hydrogens is 436 g/mol. The summed E-state index contributed by atoms with van der Waals surface area (Å²) in [6.45, 7) is 4.31. The van der Waals surface area contributed by atoms with E-state index in [9.17, 15) is 9.90 Å². The summed E-state index contributed by atoms with van der Waals surface area (Å²) in [6.07, 6.45) is 1.19. The van der Waals surface area contributed by atoms with Crippen LogP contribution in [0, 0.1) is 12.3 Å². The Labute approximate surface area is 205 Å². The molecule has 0 spiro atoms. The minimum absolute atomic E-state index is 0.00148. The number of hydrogen-bond acceptors (Lipinski definition) is 4. The molecule has 0 bridgehead atoms. The fourth-order valence-corrected chi connectivity index (χ4v) is 4.32. The first-order chi connectivity index (χ1) is 16.9. The molecule has 3 aromatic carbocycles. The summed E-state index contributed by atoms with van der Waals surface area (Å²) < 4.78 is 1.73. The maximum Gasteiger partial charge on any atom is 0.257 e. The van der Waals surface area contributed by atoms with Crippen LogP contribution in [0.25, 0.3) is 11.1 Å². The van der Waals surface area contributed by atoms with E-state index in [1.807, 2.05) is 86.6 Å². The molecule has 1 heterocycles. The predicted molar refractivity (Wildman–Crippen MR) is 140 cm³/mol. The highest BCUT2D eigenvalue weighted by Crippen LogP contribution is 2.24. The number of aliphatic hydroxyl groups excluding tert-OH is 1. The summed E-state index contributed by atoms with van der Waals surface area (Å²) in [5.74, 6) is 0.727. The quantitative estimate of drug-likeness (QED) is 0.267. The number of nitrogens with two attached hydrogens (primary N) is 1. The third-order valence-corrected chi connectivity index (χ3v) is 6.28. The van der Waals surface area contributed by atoms with Crippen molar-refractivity contribution in [3.05, 3.63) is 122 Å². The van der Waals surface area contributed by atoms with Crippen LogP contribution >= 0.6 is 0 Å². The topological polar surface area (TPSA) is 105 Å². The average molecular weight is 467 g/mol. The molecule has 4 aromatic rings. The molecule has 0 aliphatic heterocycles. The number of rotatable bonds is 8. The molecule has 1 aromatic heterocycles. The molecule has 6 nitrogen and oxygen atoms in total. The van der Waals surface area contributed by atoms with Gasteiger partial charge in [0.2, 0.25) is 0 Å². The second-order valence-electron chi connectivity index (χ2n) is 8.64. The van der Waals surface area contributed by atoms with Gasteiger partial charge in [-0.2, -0.15) is 0 Å². The highest BCUT2D eigenvalue weighted by atomic mass is 16.3. The van der Waals surface area contributed by atoms with Crippen LogP contribution in [-0.2, 0) is 26.0 Å². The summed E-state index contributed by atoms with van der Waals surface area (Å²) in [4.78, 5) is 18.3. The summed E-state index contributed by atoms with van der Waals surface area (Å²) in [6, 6.07) is 23.2. The Morgan fingerprint density at radius 1 is 0.971 bits per heavy atom. The van der Waals surface area contributed by atoms with E-state index in [-0.39, 0.29) is 18.0 Å². The molecule has 0 amide bonds. The Bertz CT molecular complexity index is 1400. The molecule has 4 N–H and O–H groups in total. The molecule has 0 radical (unpaired) electrons. The number of benzene rings is 3. The predicted octanol–water partition coefficient (Wildman–Crippen LogP) is 4.20. The molecule has 35 heavy (non-hydrogen) atoms. The van der Waals surface area contributed by atoms with E-state index in [0.717, 1.165) is 33.5 Å². The Kier molecular flexibility index (Phi) is 7.22. The zero-order valence-electron chi connectivity index (χ0n) is 20.1. The van der Waals surface area contributed by atoms with E-state index >= 15 is 0 Å². The lowest BCUT2D eigenvalue weighted by atomic mass is 9.98. The standard InChI is InChI=1S/C29H30N4O2/c1-3-27-26(16-20-8-10-22(18-34)11-9-20)29(35)33(19(2)32-27)17-21-12-14-23(15-13-21)24-6-4-5-7-25(24)28(30)31/h4-15,34H,3,16-18H2,1-2H3,(H3,30,31). The summed E-state index contributed by atoms with van der Waals surface area (Å²) in [7, 11) is 0.